The maximum absolute atomic E-state index is 12.6. The van der Waals surface area contributed by atoms with Crippen LogP contribution in [0.3, 0.4) is 0 Å². The Morgan fingerprint density at radius 2 is 1.91 bits per heavy atom. The Labute approximate surface area is 141 Å². The van der Waals surface area contributed by atoms with Gasteiger partial charge < -0.3 is 10.2 Å². The summed E-state index contributed by atoms with van der Waals surface area (Å²) in [7, 11) is 1.81. The van der Waals surface area contributed by atoms with Gasteiger partial charge in [-0.25, -0.2) is 0 Å². The second kappa shape index (κ2) is 6.84. The largest absolute Gasteiger partial charge is 0.339 e. The van der Waals surface area contributed by atoms with E-state index in [0.29, 0.717) is 23.2 Å². The Morgan fingerprint density at radius 1 is 1.30 bits per heavy atom. The van der Waals surface area contributed by atoms with Gasteiger partial charge in [0, 0.05) is 42.4 Å². The number of benzene rings is 1. The molecule has 0 saturated carbocycles. The summed E-state index contributed by atoms with van der Waals surface area (Å²) in [6, 6.07) is 5.94. The number of nitro groups is 1. The van der Waals surface area contributed by atoms with E-state index < -0.39 is 4.92 Å². The average molecular weight is 340 g/mol. The molecule has 6 nitrogen and oxygen atoms in total. The Morgan fingerprint density at radius 3 is 2.48 bits per heavy atom. The standard InChI is InChI=1S/C16H21N3O3.ClH/c1-10-3-4-11(7-15(10)19(21)22)16(20)18(2)14-8-12-5-6-13(9-14)17-12;/h3-4,7,12-14,17H,5-6,8-9H2,1-2H3;1H. The number of nitrogens with one attached hydrogen (secondary N) is 1. The van der Waals surface area contributed by atoms with E-state index in [1.807, 2.05) is 7.05 Å². The highest BCUT2D eigenvalue weighted by Gasteiger charge is 2.36. The Kier molecular flexibility index (Phi) is 5.26. The molecule has 2 saturated heterocycles. The molecule has 2 unspecified atom stereocenters. The molecule has 2 aliphatic rings. The fraction of sp³-hybridized carbons (Fsp3) is 0.562. The minimum absolute atomic E-state index is 0. The highest BCUT2D eigenvalue weighted by atomic mass is 35.5. The van der Waals surface area contributed by atoms with Crippen LogP contribution >= 0.6 is 12.4 Å². The van der Waals surface area contributed by atoms with Gasteiger partial charge in [-0.1, -0.05) is 6.07 Å². The van der Waals surface area contributed by atoms with Crippen LogP contribution in [0.5, 0.6) is 0 Å². The number of carbonyl (C=O) groups excluding carboxylic acids is 1. The monoisotopic (exact) mass is 339 g/mol. The summed E-state index contributed by atoms with van der Waals surface area (Å²) < 4.78 is 0. The SMILES string of the molecule is Cc1ccc(C(=O)N(C)C2CC3CCC(C2)N3)cc1[N+](=O)[O-].Cl. The fourth-order valence-corrected chi connectivity index (χ4v) is 3.65. The number of halogens is 1. The van der Waals surface area contributed by atoms with E-state index in [1.54, 1.807) is 24.0 Å². The maximum Gasteiger partial charge on any atom is 0.273 e. The van der Waals surface area contributed by atoms with Gasteiger partial charge in [-0.15, -0.1) is 12.4 Å². The number of aryl methyl sites for hydroxylation is 1. The lowest BCUT2D eigenvalue weighted by atomic mass is 9.97. The van der Waals surface area contributed by atoms with Crippen molar-refractivity contribution in [1.82, 2.24) is 10.2 Å². The van der Waals surface area contributed by atoms with Crippen molar-refractivity contribution in [2.24, 2.45) is 0 Å². The summed E-state index contributed by atoms with van der Waals surface area (Å²) in [4.78, 5) is 25.0. The summed E-state index contributed by atoms with van der Waals surface area (Å²) in [5.41, 5.74) is 0.972. The number of hydrogen-bond acceptors (Lipinski definition) is 4. The lowest BCUT2D eigenvalue weighted by Gasteiger charge is -2.35. The summed E-state index contributed by atoms with van der Waals surface area (Å²) in [5, 5.41) is 14.6. The molecular weight excluding hydrogens is 318 g/mol. The Hall–Kier alpha value is -1.66. The molecule has 1 N–H and O–H groups in total. The number of amides is 1. The van der Waals surface area contributed by atoms with Crippen LogP contribution in [0, 0.1) is 17.0 Å². The molecule has 2 fully saturated rings. The first-order valence-corrected chi connectivity index (χ1v) is 7.74. The molecular formula is C16H22ClN3O3. The van der Waals surface area contributed by atoms with Crippen molar-refractivity contribution < 1.29 is 9.72 Å². The second-order valence-corrected chi connectivity index (χ2v) is 6.44. The maximum atomic E-state index is 12.6. The van der Waals surface area contributed by atoms with Gasteiger partial charge in [0.15, 0.2) is 0 Å². The van der Waals surface area contributed by atoms with E-state index in [1.165, 1.54) is 18.9 Å². The predicted molar refractivity (Wildman–Crippen MR) is 90.1 cm³/mol. The summed E-state index contributed by atoms with van der Waals surface area (Å²) in [6.45, 7) is 1.68. The smallest absolute Gasteiger partial charge is 0.273 e. The molecule has 2 heterocycles. The number of nitrogens with zero attached hydrogens (tertiary/aromatic N) is 2. The third kappa shape index (κ3) is 3.48. The molecule has 3 rings (SSSR count). The molecule has 7 heteroatoms. The second-order valence-electron chi connectivity index (χ2n) is 6.44. The minimum atomic E-state index is -0.434. The van der Waals surface area contributed by atoms with Crippen molar-refractivity contribution in [3.63, 3.8) is 0 Å². The van der Waals surface area contributed by atoms with E-state index in [9.17, 15) is 14.9 Å². The van der Waals surface area contributed by atoms with Gasteiger partial charge in [0.2, 0.25) is 0 Å². The van der Waals surface area contributed by atoms with E-state index in [2.05, 4.69) is 5.32 Å². The van der Waals surface area contributed by atoms with Crippen LogP contribution in [0.1, 0.15) is 41.6 Å². The van der Waals surface area contributed by atoms with Crippen LogP contribution in [0.15, 0.2) is 18.2 Å². The molecule has 2 bridgehead atoms. The van der Waals surface area contributed by atoms with Crippen LogP contribution < -0.4 is 5.32 Å². The highest BCUT2D eigenvalue weighted by Crippen LogP contribution is 2.30. The summed E-state index contributed by atoms with van der Waals surface area (Å²) in [6.07, 6.45) is 4.29. The van der Waals surface area contributed by atoms with Gasteiger partial charge in [-0.2, -0.15) is 0 Å². The molecule has 0 aliphatic carbocycles. The molecule has 1 aromatic rings. The van der Waals surface area contributed by atoms with Crippen LogP contribution in [-0.4, -0.2) is 40.9 Å². The Balaban J connectivity index is 0.00000192. The van der Waals surface area contributed by atoms with Crippen molar-refractivity contribution in [3.05, 3.63) is 39.4 Å². The molecule has 2 atom stereocenters. The van der Waals surface area contributed by atoms with Crippen LogP contribution in [-0.2, 0) is 0 Å². The van der Waals surface area contributed by atoms with E-state index >= 15 is 0 Å². The molecule has 0 spiro atoms. The van der Waals surface area contributed by atoms with E-state index in [4.69, 9.17) is 0 Å². The van der Waals surface area contributed by atoms with Crippen molar-refractivity contribution in [3.8, 4) is 0 Å². The average Bonchev–Trinajstić information content (AvgIpc) is 2.84. The number of fused-ring (bicyclic) bond motifs is 2. The van der Waals surface area contributed by atoms with Crippen LogP contribution in [0.25, 0.3) is 0 Å². The lowest BCUT2D eigenvalue weighted by Crippen LogP contribution is -2.48. The van der Waals surface area contributed by atoms with Crippen molar-refractivity contribution in [2.45, 2.75) is 50.7 Å². The van der Waals surface area contributed by atoms with Gasteiger partial charge in [0.05, 0.1) is 4.92 Å². The molecule has 1 aromatic carbocycles. The molecule has 0 aromatic heterocycles. The first kappa shape index (κ1) is 17.7. The van der Waals surface area contributed by atoms with Crippen molar-refractivity contribution in [2.75, 3.05) is 7.05 Å². The van der Waals surface area contributed by atoms with Crippen LogP contribution in [0.4, 0.5) is 5.69 Å². The zero-order valence-corrected chi connectivity index (χ0v) is 14.1. The first-order valence-electron chi connectivity index (χ1n) is 7.74. The van der Waals surface area contributed by atoms with Gasteiger partial charge in [0.1, 0.15) is 0 Å². The summed E-state index contributed by atoms with van der Waals surface area (Å²) in [5.74, 6) is -0.130. The normalized spacial score (nSPS) is 25.6. The molecule has 23 heavy (non-hydrogen) atoms. The molecule has 2 aliphatic heterocycles. The zero-order valence-electron chi connectivity index (χ0n) is 13.3. The molecule has 126 valence electrons. The fourth-order valence-electron chi connectivity index (χ4n) is 3.65. The minimum Gasteiger partial charge on any atom is -0.339 e. The third-order valence-corrected chi connectivity index (χ3v) is 4.97. The number of piperidine rings is 1. The molecule has 0 radical (unpaired) electrons. The Bertz CT molecular complexity index is 611. The van der Waals surface area contributed by atoms with Crippen molar-refractivity contribution >= 4 is 24.0 Å². The van der Waals surface area contributed by atoms with E-state index in [-0.39, 0.29) is 30.0 Å². The molecule has 1 amide bonds. The number of hydrogen-bond donors (Lipinski definition) is 1. The predicted octanol–water partition coefficient (Wildman–Crippen LogP) is 2.68. The lowest BCUT2D eigenvalue weighted by molar-refractivity contribution is -0.385. The quantitative estimate of drug-likeness (QED) is 0.678. The number of carbonyl (C=O) groups is 1. The number of nitro benzene ring substituents is 1. The van der Waals surface area contributed by atoms with Gasteiger partial charge in [-0.3, -0.25) is 14.9 Å². The topological polar surface area (TPSA) is 75.5 Å². The van der Waals surface area contributed by atoms with Crippen LogP contribution in [0.2, 0.25) is 0 Å². The first-order chi connectivity index (χ1) is 10.5. The van der Waals surface area contributed by atoms with Crippen molar-refractivity contribution in [1.29, 1.82) is 0 Å². The summed E-state index contributed by atoms with van der Waals surface area (Å²) >= 11 is 0. The highest BCUT2D eigenvalue weighted by molar-refractivity contribution is 5.95. The van der Waals surface area contributed by atoms with Gasteiger partial charge in [-0.05, 0) is 38.7 Å². The number of rotatable bonds is 3. The third-order valence-electron chi connectivity index (χ3n) is 4.97. The zero-order chi connectivity index (χ0) is 15.9. The van der Waals surface area contributed by atoms with Gasteiger partial charge >= 0.3 is 0 Å². The van der Waals surface area contributed by atoms with Gasteiger partial charge in [0.25, 0.3) is 11.6 Å². The van der Waals surface area contributed by atoms with E-state index in [0.717, 1.165) is 12.8 Å².